The van der Waals surface area contributed by atoms with Crippen LogP contribution in [0.5, 0.6) is 0 Å². The molecule has 0 aliphatic rings. The van der Waals surface area contributed by atoms with Crippen LogP contribution in [0, 0.1) is 0 Å². The fourth-order valence-corrected chi connectivity index (χ4v) is 2.84. The van der Waals surface area contributed by atoms with Gasteiger partial charge in [-0.25, -0.2) is 9.59 Å². The van der Waals surface area contributed by atoms with E-state index in [0.717, 1.165) is 16.3 Å². The predicted octanol–water partition coefficient (Wildman–Crippen LogP) is 3.26. The number of carboxylic acids is 1. The molecule has 0 aliphatic carbocycles. The zero-order valence-corrected chi connectivity index (χ0v) is 17.4. The Kier molecular flexibility index (Phi) is 6.51. The van der Waals surface area contributed by atoms with Gasteiger partial charge in [0, 0.05) is 6.42 Å². The number of carbonyl (C=O) groups is 3. The highest BCUT2D eigenvalue weighted by atomic mass is 16.6. The lowest BCUT2D eigenvalue weighted by Crippen LogP contribution is -2.58. The molecule has 29 heavy (non-hydrogen) atoms. The average molecular weight is 400 g/mol. The minimum Gasteiger partial charge on any atom is -0.480 e. The summed E-state index contributed by atoms with van der Waals surface area (Å²) in [7, 11) is 0. The summed E-state index contributed by atoms with van der Waals surface area (Å²) >= 11 is 0. The van der Waals surface area contributed by atoms with Crippen molar-refractivity contribution in [3.63, 3.8) is 0 Å². The zero-order chi connectivity index (χ0) is 21.8. The second kappa shape index (κ2) is 8.51. The van der Waals surface area contributed by atoms with E-state index in [1.165, 1.54) is 13.8 Å². The van der Waals surface area contributed by atoms with Crippen molar-refractivity contribution in [1.82, 2.24) is 10.6 Å². The van der Waals surface area contributed by atoms with Gasteiger partial charge in [0.2, 0.25) is 5.91 Å². The topological polar surface area (TPSA) is 105 Å². The van der Waals surface area contributed by atoms with E-state index in [0.29, 0.717) is 0 Å². The van der Waals surface area contributed by atoms with Crippen LogP contribution in [0.2, 0.25) is 0 Å². The summed E-state index contributed by atoms with van der Waals surface area (Å²) in [4.78, 5) is 36.5. The number of carboxylic acid groups (broad SMARTS) is 1. The van der Waals surface area contributed by atoms with Gasteiger partial charge in [0.05, 0.1) is 0 Å². The molecule has 156 valence electrons. The Hall–Kier alpha value is -3.09. The summed E-state index contributed by atoms with van der Waals surface area (Å²) in [6.07, 6.45) is -0.635. The number of hydrogen-bond donors (Lipinski definition) is 3. The summed E-state index contributed by atoms with van der Waals surface area (Å²) in [5.74, 6) is -1.77. The van der Waals surface area contributed by atoms with Crippen molar-refractivity contribution in [2.75, 3.05) is 0 Å². The highest BCUT2D eigenvalue weighted by Gasteiger charge is 2.34. The molecule has 0 fully saturated rings. The van der Waals surface area contributed by atoms with E-state index in [1.54, 1.807) is 20.8 Å². The van der Waals surface area contributed by atoms with Crippen molar-refractivity contribution >= 4 is 28.7 Å². The Bertz CT molecular complexity index is 910. The van der Waals surface area contributed by atoms with Crippen LogP contribution >= 0.6 is 0 Å². The summed E-state index contributed by atoms with van der Waals surface area (Å²) < 4.78 is 5.17. The van der Waals surface area contributed by atoms with Gasteiger partial charge in [-0.2, -0.15) is 0 Å². The molecule has 0 aromatic heterocycles. The Balaban J connectivity index is 2.14. The van der Waals surface area contributed by atoms with E-state index in [2.05, 4.69) is 10.6 Å². The van der Waals surface area contributed by atoms with Gasteiger partial charge in [-0.1, -0.05) is 42.5 Å². The molecule has 0 bridgehead atoms. The second-order valence-electron chi connectivity index (χ2n) is 8.46. The summed E-state index contributed by atoms with van der Waals surface area (Å²) in [5.41, 5.74) is -1.25. The third-order valence-corrected chi connectivity index (χ3v) is 4.29. The molecule has 1 atom stereocenters. The van der Waals surface area contributed by atoms with Crippen LogP contribution in [-0.4, -0.2) is 40.3 Å². The highest BCUT2D eigenvalue weighted by Crippen LogP contribution is 2.20. The maximum absolute atomic E-state index is 12.7. The van der Waals surface area contributed by atoms with Gasteiger partial charge >= 0.3 is 12.1 Å². The third-order valence-electron chi connectivity index (χ3n) is 4.29. The number of hydrogen-bond acceptors (Lipinski definition) is 4. The molecule has 2 amide bonds. The molecule has 0 saturated carbocycles. The molecule has 0 saturated heterocycles. The molecule has 1 unspecified atom stereocenters. The number of nitrogens with one attached hydrogen (secondary N) is 2. The smallest absolute Gasteiger partial charge is 0.408 e. The molecule has 7 nitrogen and oxygen atoms in total. The monoisotopic (exact) mass is 400 g/mol. The molecule has 2 aromatic rings. The Morgan fingerprint density at radius 2 is 1.62 bits per heavy atom. The SMILES string of the molecule is CC(C)(C)OC(=O)NC(C)(C)C(=O)NC(Cc1cccc2ccccc12)C(=O)O. The van der Waals surface area contributed by atoms with E-state index in [4.69, 9.17) is 4.74 Å². The lowest BCUT2D eigenvalue weighted by atomic mass is 9.97. The fourth-order valence-electron chi connectivity index (χ4n) is 2.84. The first-order valence-electron chi connectivity index (χ1n) is 9.40. The van der Waals surface area contributed by atoms with Crippen LogP contribution < -0.4 is 10.6 Å². The second-order valence-corrected chi connectivity index (χ2v) is 8.46. The van der Waals surface area contributed by atoms with Gasteiger partial charge in [-0.05, 0) is 51.0 Å². The lowest BCUT2D eigenvalue weighted by molar-refractivity contribution is -0.142. The van der Waals surface area contributed by atoms with Crippen LogP contribution in [0.15, 0.2) is 42.5 Å². The normalized spacial score (nSPS) is 12.9. The highest BCUT2D eigenvalue weighted by molar-refractivity contribution is 5.92. The number of alkyl carbamates (subject to hydrolysis) is 1. The summed E-state index contributed by atoms with van der Waals surface area (Å²) in [5, 5.41) is 16.6. The molecular weight excluding hydrogens is 372 g/mol. The fraction of sp³-hybridized carbons (Fsp3) is 0.409. The van der Waals surface area contributed by atoms with Crippen LogP contribution in [-0.2, 0) is 20.7 Å². The van der Waals surface area contributed by atoms with Crippen LogP contribution in [0.25, 0.3) is 10.8 Å². The van der Waals surface area contributed by atoms with Crippen molar-refractivity contribution < 1.29 is 24.2 Å². The van der Waals surface area contributed by atoms with Gasteiger partial charge in [-0.15, -0.1) is 0 Å². The average Bonchev–Trinajstić information content (AvgIpc) is 2.59. The molecule has 3 N–H and O–H groups in total. The van der Waals surface area contributed by atoms with Crippen molar-refractivity contribution in [3.05, 3.63) is 48.0 Å². The molecule has 0 aliphatic heterocycles. The predicted molar refractivity (Wildman–Crippen MR) is 111 cm³/mol. The Labute approximate surface area is 170 Å². The number of fused-ring (bicyclic) bond motifs is 1. The first-order chi connectivity index (χ1) is 13.4. The van der Waals surface area contributed by atoms with Gasteiger partial charge < -0.3 is 20.5 Å². The molecular formula is C22H28N2O5. The summed E-state index contributed by atoms with van der Waals surface area (Å²) in [6, 6.07) is 12.2. The minimum absolute atomic E-state index is 0.116. The van der Waals surface area contributed by atoms with E-state index in [9.17, 15) is 19.5 Å². The number of aliphatic carboxylic acids is 1. The molecule has 0 heterocycles. The first-order valence-corrected chi connectivity index (χ1v) is 9.40. The van der Waals surface area contributed by atoms with Crippen LogP contribution in [0.1, 0.15) is 40.2 Å². The molecule has 2 rings (SSSR count). The number of amides is 2. The first kappa shape index (κ1) is 22.2. The lowest BCUT2D eigenvalue weighted by Gasteiger charge is -2.29. The largest absolute Gasteiger partial charge is 0.480 e. The minimum atomic E-state index is -1.35. The van der Waals surface area contributed by atoms with E-state index in [1.807, 2.05) is 42.5 Å². The van der Waals surface area contributed by atoms with Gasteiger partial charge in [0.25, 0.3) is 0 Å². The van der Waals surface area contributed by atoms with Crippen molar-refractivity contribution in [2.45, 2.75) is 58.2 Å². The maximum atomic E-state index is 12.7. The number of carbonyl (C=O) groups excluding carboxylic acids is 2. The molecule has 2 aromatic carbocycles. The van der Waals surface area contributed by atoms with Crippen molar-refractivity contribution in [3.8, 4) is 0 Å². The Morgan fingerprint density at radius 3 is 2.24 bits per heavy atom. The van der Waals surface area contributed by atoms with Crippen LogP contribution in [0.4, 0.5) is 4.79 Å². The summed E-state index contributed by atoms with van der Waals surface area (Å²) in [6.45, 7) is 8.12. The molecule has 0 spiro atoms. The molecule has 7 heteroatoms. The Morgan fingerprint density at radius 1 is 1.00 bits per heavy atom. The zero-order valence-electron chi connectivity index (χ0n) is 17.4. The maximum Gasteiger partial charge on any atom is 0.408 e. The van der Waals surface area contributed by atoms with Crippen LogP contribution in [0.3, 0.4) is 0 Å². The number of benzene rings is 2. The van der Waals surface area contributed by atoms with Crippen molar-refractivity contribution in [2.24, 2.45) is 0 Å². The number of ether oxygens (including phenoxy) is 1. The third kappa shape index (κ3) is 6.20. The quantitative estimate of drug-likeness (QED) is 0.690. The van der Waals surface area contributed by atoms with Crippen molar-refractivity contribution in [1.29, 1.82) is 0 Å². The molecule has 0 radical (unpaired) electrons. The van der Waals surface area contributed by atoms with E-state index in [-0.39, 0.29) is 6.42 Å². The van der Waals surface area contributed by atoms with Gasteiger partial charge in [0.1, 0.15) is 17.2 Å². The number of rotatable bonds is 6. The standard InChI is InChI=1S/C22H28N2O5/c1-21(2,3)29-20(28)24-22(4,5)19(27)23-17(18(25)26)13-15-11-8-10-14-9-6-7-12-16(14)15/h6-12,17H,13H2,1-5H3,(H,23,27)(H,24,28)(H,25,26). The van der Waals surface area contributed by atoms with E-state index >= 15 is 0 Å². The van der Waals surface area contributed by atoms with E-state index < -0.39 is 35.2 Å². The van der Waals surface area contributed by atoms with Gasteiger partial charge in [-0.3, -0.25) is 4.79 Å². The van der Waals surface area contributed by atoms with Gasteiger partial charge in [0.15, 0.2) is 0 Å².